The van der Waals surface area contributed by atoms with E-state index in [9.17, 15) is 9.59 Å². The Morgan fingerprint density at radius 3 is 2.11 bits per heavy atom. The predicted molar refractivity (Wildman–Crippen MR) is 74.1 cm³/mol. The number of rotatable bonds is 7. The second-order valence-corrected chi connectivity index (χ2v) is 4.27. The summed E-state index contributed by atoms with van der Waals surface area (Å²) in [7, 11) is 0. The molecule has 5 nitrogen and oxygen atoms in total. The zero-order valence-corrected chi connectivity index (χ0v) is 11.5. The van der Waals surface area contributed by atoms with Gasteiger partial charge < -0.3 is 10.6 Å². The van der Waals surface area contributed by atoms with E-state index in [0.29, 0.717) is 13.1 Å². The normalized spacial score (nSPS) is 10.0. The molecule has 1 aromatic heterocycles. The molecular weight excluding hydrogens is 242 g/mol. The van der Waals surface area contributed by atoms with E-state index in [1.807, 2.05) is 6.92 Å². The molecule has 0 saturated carbocycles. The first-order valence-corrected chi connectivity index (χ1v) is 6.72. The summed E-state index contributed by atoms with van der Waals surface area (Å²) in [6.45, 7) is 5.27. The second-order valence-electron chi connectivity index (χ2n) is 4.27. The van der Waals surface area contributed by atoms with Gasteiger partial charge in [-0.05, 0) is 25.0 Å². The lowest BCUT2D eigenvalue weighted by atomic mass is 10.2. The van der Waals surface area contributed by atoms with E-state index in [0.717, 1.165) is 19.3 Å². The van der Waals surface area contributed by atoms with Crippen LogP contribution in [0.15, 0.2) is 18.2 Å². The Hall–Kier alpha value is -1.91. The number of nitrogens with zero attached hydrogens (tertiary/aromatic N) is 1. The molecule has 19 heavy (non-hydrogen) atoms. The van der Waals surface area contributed by atoms with Crippen molar-refractivity contribution in [3.63, 3.8) is 0 Å². The molecule has 0 radical (unpaired) electrons. The van der Waals surface area contributed by atoms with Crippen molar-refractivity contribution < 1.29 is 9.59 Å². The van der Waals surface area contributed by atoms with Gasteiger partial charge in [0.25, 0.3) is 11.8 Å². The van der Waals surface area contributed by atoms with Gasteiger partial charge in [0.2, 0.25) is 0 Å². The summed E-state index contributed by atoms with van der Waals surface area (Å²) in [5.41, 5.74) is 0.553. The van der Waals surface area contributed by atoms with E-state index >= 15 is 0 Å². The van der Waals surface area contributed by atoms with Gasteiger partial charge in [0.1, 0.15) is 11.4 Å². The van der Waals surface area contributed by atoms with Gasteiger partial charge in [-0.3, -0.25) is 9.59 Å². The maximum Gasteiger partial charge on any atom is 0.269 e. The Labute approximate surface area is 113 Å². The van der Waals surface area contributed by atoms with E-state index in [4.69, 9.17) is 0 Å². The summed E-state index contributed by atoms with van der Waals surface area (Å²) in [6.07, 6.45) is 2.82. The van der Waals surface area contributed by atoms with E-state index in [-0.39, 0.29) is 23.2 Å². The van der Waals surface area contributed by atoms with E-state index in [1.54, 1.807) is 18.2 Å². The lowest BCUT2D eigenvalue weighted by Crippen LogP contribution is -2.28. The van der Waals surface area contributed by atoms with Crippen LogP contribution in [0.1, 0.15) is 54.1 Å². The van der Waals surface area contributed by atoms with Gasteiger partial charge in [-0.2, -0.15) is 0 Å². The molecule has 0 spiro atoms. The van der Waals surface area contributed by atoms with Crippen molar-refractivity contribution in [2.75, 3.05) is 13.1 Å². The van der Waals surface area contributed by atoms with Crippen LogP contribution in [0.4, 0.5) is 0 Å². The Morgan fingerprint density at radius 1 is 1.00 bits per heavy atom. The lowest BCUT2D eigenvalue weighted by molar-refractivity contribution is 0.0944. The van der Waals surface area contributed by atoms with Crippen molar-refractivity contribution in [2.24, 2.45) is 0 Å². The van der Waals surface area contributed by atoms with Crippen LogP contribution in [0.5, 0.6) is 0 Å². The Morgan fingerprint density at radius 2 is 1.58 bits per heavy atom. The number of pyridine rings is 1. The largest absolute Gasteiger partial charge is 0.351 e. The molecule has 0 saturated heterocycles. The molecule has 0 fully saturated rings. The van der Waals surface area contributed by atoms with E-state index in [2.05, 4.69) is 22.5 Å². The van der Waals surface area contributed by atoms with Crippen LogP contribution in [0.25, 0.3) is 0 Å². The molecule has 0 aliphatic carbocycles. The summed E-state index contributed by atoms with van der Waals surface area (Å²) in [5, 5.41) is 5.51. The molecule has 1 aromatic rings. The van der Waals surface area contributed by atoms with Gasteiger partial charge in [0, 0.05) is 13.1 Å². The van der Waals surface area contributed by atoms with Crippen molar-refractivity contribution in [3.05, 3.63) is 29.6 Å². The maximum absolute atomic E-state index is 11.8. The minimum Gasteiger partial charge on any atom is -0.351 e. The van der Waals surface area contributed by atoms with E-state index < -0.39 is 0 Å². The molecule has 2 N–H and O–H groups in total. The van der Waals surface area contributed by atoms with Crippen LogP contribution >= 0.6 is 0 Å². The molecule has 0 bridgehead atoms. The molecule has 104 valence electrons. The third-order valence-corrected chi connectivity index (χ3v) is 2.57. The van der Waals surface area contributed by atoms with Gasteiger partial charge in [-0.1, -0.05) is 26.3 Å². The molecule has 5 heteroatoms. The quantitative estimate of drug-likeness (QED) is 0.736. The maximum atomic E-state index is 11.8. The average Bonchev–Trinajstić information content (AvgIpc) is 2.45. The highest BCUT2D eigenvalue weighted by molar-refractivity contribution is 5.96. The molecule has 0 atom stereocenters. The molecule has 0 aliphatic rings. The topological polar surface area (TPSA) is 71.1 Å². The summed E-state index contributed by atoms with van der Waals surface area (Å²) in [6, 6.07) is 4.88. The van der Waals surface area contributed by atoms with Gasteiger partial charge in [0.15, 0.2) is 0 Å². The van der Waals surface area contributed by atoms with Crippen LogP contribution in [0, 0.1) is 0 Å². The van der Waals surface area contributed by atoms with Crippen LogP contribution in [0.2, 0.25) is 0 Å². The zero-order chi connectivity index (χ0) is 14.1. The van der Waals surface area contributed by atoms with Crippen LogP contribution in [-0.4, -0.2) is 29.9 Å². The number of hydrogen-bond donors (Lipinski definition) is 2. The second kappa shape index (κ2) is 8.24. The number of aromatic nitrogens is 1. The average molecular weight is 263 g/mol. The summed E-state index contributed by atoms with van der Waals surface area (Å²) in [4.78, 5) is 27.6. The van der Waals surface area contributed by atoms with Crippen molar-refractivity contribution >= 4 is 11.8 Å². The molecule has 1 rings (SSSR count). The van der Waals surface area contributed by atoms with Crippen molar-refractivity contribution in [1.29, 1.82) is 0 Å². The molecule has 0 aromatic carbocycles. The monoisotopic (exact) mass is 263 g/mol. The lowest BCUT2D eigenvalue weighted by Gasteiger charge is -2.06. The number of carbonyl (C=O) groups is 2. The highest BCUT2D eigenvalue weighted by atomic mass is 16.2. The van der Waals surface area contributed by atoms with Crippen LogP contribution in [-0.2, 0) is 0 Å². The first kappa shape index (κ1) is 15.1. The molecule has 0 unspecified atom stereocenters. The number of nitrogens with one attached hydrogen (secondary N) is 2. The fourth-order valence-corrected chi connectivity index (χ4v) is 1.49. The molecular formula is C14H21N3O2. The third-order valence-electron chi connectivity index (χ3n) is 2.57. The minimum absolute atomic E-state index is 0.237. The van der Waals surface area contributed by atoms with Crippen LogP contribution < -0.4 is 10.6 Å². The van der Waals surface area contributed by atoms with Gasteiger partial charge in [0.05, 0.1) is 0 Å². The number of unbranched alkanes of at least 4 members (excludes halogenated alkanes) is 1. The van der Waals surface area contributed by atoms with Gasteiger partial charge in [-0.15, -0.1) is 0 Å². The Kier molecular flexibility index (Phi) is 6.57. The molecule has 2 amide bonds. The Bertz CT molecular complexity index is 432. The zero-order valence-electron chi connectivity index (χ0n) is 11.5. The standard InChI is InChI=1S/C14H21N3O2/c1-3-5-10-16-14(19)12-8-6-7-11(17-12)13(18)15-9-4-2/h6-8H,3-5,9-10H2,1-2H3,(H,15,18)(H,16,19). The SMILES string of the molecule is CCCCNC(=O)c1cccc(C(=O)NCCC)n1. The first-order chi connectivity index (χ1) is 9.19. The minimum atomic E-state index is -0.245. The highest BCUT2D eigenvalue weighted by Gasteiger charge is 2.11. The highest BCUT2D eigenvalue weighted by Crippen LogP contribution is 2.00. The summed E-state index contributed by atoms with van der Waals surface area (Å²) >= 11 is 0. The summed E-state index contributed by atoms with van der Waals surface area (Å²) in [5.74, 6) is -0.483. The van der Waals surface area contributed by atoms with Gasteiger partial charge in [-0.25, -0.2) is 4.98 Å². The Balaban J connectivity index is 2.65. The van der Waals surface area contributed by atoms with E-state index in [1.165, 1.54) is 0 Å². The van der Waals surface area contributed by atoms with Gasteiger partial charge >= 0.3 is 0 Å². The van der Waals surface area contributed by atoms with Crippen LogP contribution in [0.3, 0.4) is 0 Å². The van der Waals surface area contributed by atoms with Crippen molar-refractivity contribution in [2.45, 2.75) is 33.1 Å². The fourth-order valence-electron chi connectivity index (χ4n) is 1.49. The number of amides is 2. The first-order valence-electron chi connectivity index (χ1n) is 6.72. The number of carbonyl (C=O) groups excluding carboxylic acids is 2. The fraction of sp³-hybridized carbons (Fsp3) is 0.500. The predicted octanol–water partition coefficient (Wildman–Crippen LogP) is 1.75. The van der Waals surface area contributed by atoms with Crippen molar-refractivity contribution in [1.82, 2.24) is 15.6 Å². The number of hydrogen-bond acceptors (Lipinski definition) is 3. The summed E-state index contributed by atoms with van der Waals surface area (Å²) < 4.78 is 0. The van der Waals surface area contributed by atoms with Crippen molar-refractivity contribution in [3.8, 4) is 0 Å². The third kappa shape index (κ3) is 5.07. The smallest absolute Gasteiger partial charge is 0.269 e. The molecule has 0 aliphatic heterocycles. The molecule has 1 heterocycles.